The quantitative estimate of drug-likeness (QED) is 0.573. The molecule has 74 valence electrons. The summed E-state index contributed by atoms with van der Waals surface area (Å²) < 4.78 is 14.6. The lowest BCUT2D eigenvalue weighted by molar-refractivity contribution is 0.636. The largest absolute Gasteiger partial charge is 0.206 e. The fourth-order valence-corrected chi connectivity index (χ4v) is 4.05. The van der Waals surface area contributed by atoms with Crippen LogP contribution in [-0.2, 0) is 5.33 Å². The number of hydrogen-bond donors (Lipinski definition) is 0. The van der Waals surface area contributed by atoms with Crippen LogP contribution in [-0.4, -0.2) is 6.26 Å². The highest BCUT2D eigenvalue weighted by atomic mass is 79.9. The van der Waals surface area contributed by atoms with Crippen LogP contribution in [0.5, 0.6) is 0 Å². The summed E-state index contributed by atoms with van der Waals surface area (Å²) in [6, 6.07) is 3.46. The third kappa shape index (κ3) is 1.59. The molecule has 1 aromatic heterocycles. The Bertz CT molecular complexity index is 464. The van der Waals surface area contributed by atoms with E-state index in [-0.39, 0.29) is 5.82 Å². The van der Waals surface area contributed by atoms with Crippen LogP contribution in [0.1, 0.15) is 5.56 Å². The number of fused-ring (bicyclic) bond motifs is 1. The van der Waals surface area contributed by atoms with E-state index in [1.165, 1.54) is 5.56 Å². The van der Waals surface area contributed by atoms with E-state index in [2.05, 4.69) is 15.9 Å². The second-order valence-corrected chi connectivity index (χ2v) is 5.16. The second kappa shape index (κ2) is 4.21. The van der Waals surface area contributed by atoms with Gasteiger partial charge in [-0.05, 0) is 29.3 Å². The normalized spacial score (nSPS) is 11.1. The molecule has 1 heterocycles. The van der Waals surface area contributed by atoms with Crippen molar-refractivity contribution in [3.63, 3.8) is 0 Å². The van der Waals surface area contributed by atoms with Gasteiger partial charge in [0.1, 0.15) is 5.82 Å². The van der Waals surface area contributed by atoms with Crippen molar-refractivity contribution in [3.8, 4) is 0 Å². The Morgan fingerprint density at radius 1 is 1.57 bits per heavy atom. The Morgan fingerprint density at radius 2 is 2.36 bits per heavy atom. The van der Waals surface area contributed by atoms with Crippen molar-refractivity contribution < 1.29 is 4.39 Å². The zero-order valence-electron chi connectivity index (χ0n) is 7.51. The van der Waals surface area contributed by atoms with Gasteiger partial charge < -0.3 is 0 Å². The van der Waals surface area contributed by atoms with Gasteiger partial charge in [-0.25, -0.2) is 4.39 Å². The van der Waals surface area contributed by atoms with Crippen LogP contribution in [0.15, 0.2) is 22.4 Å². The van der Waals surface area contributed by atoms with E-state index in [1.54, 1.807) is 29.2 Å². The molecule has 0 nitrogen and oxygen atoms in total. The van der Waals surface area contributed by atoms with E-state index in [9.17, 15) is 4.39 Å². The van der Waals surface area contributed by atoms with E-state index in [0.717, 1.165) is 20.3 Å². The van der Waals surface area contributed by atoms with Crippen molar-refractivity contribution in [1.82, 2.24) is 0 Å². The van der Waals surface area contributed by atoms with Gasteiger partial charge in [-0.3, -0.25) is 0 Å². The summed E-state index contributed by atoms with van der Waals surface area (Å²) in [7, 11) is 0. The Labute approximate surface area is 98.6 Å². The molecule has 2 aromatic rings. The van der Waals surface area contributed by atoms with Crippen molar-refractivity contribution in [2.45, 2.75) is 10.2 Å². The topological polar surface area (TPSA) is 0 Å². The first-order valence-corrected chi connectivity index (χ1v) is 7.29. The average molecular weight is 291 g/mol. The first-order valence-electron chi connectivity index (χ1n) is 4.06. The van der Waals surface area contributed by atoms with Gasteiger partial charge in [0.05, 0.1) is 0 Å². The molecule has 0 amide bonds. The first kappa shape index (κ1) is 10.5. The van der Waals surface area contributed by atoms with Crippen LogP contribution in [0, 0.1) is 5.82 Å². The molecule has 2 rings (SSSR count). The molecule has 0 bridgehead atoms. The zero-order valence-corrected chi connectivity index (χ0v) is 10.7. The number of thiophene rings is 1. The maximum atomic E-state index is 13.6. The van der Waals surface area contributed by atoms with Crippen molar-refractivity contribution in [2.75, 3.05) is 6.26 Å². The molecule has 0 aliphatic rings. The molecule has 4 heteroatoms. The number of thioether (sulfide) groups is 1. The zero-order chi connectivity index (χ0) is 10.1. The van der Waals surface area contributed by atoms with Crippen molar-refractivity contribution in [1.29, 1.82) is 0 Å². The number of hydrogen-bond acceptors (Lipinski definition) is 2. The molecule has 0 radical (unpaired) electrons. The van der Waals surface area contributed by atoms with Crippen molar-refractivity contribution in [2.24, 2.45) is 0 Å². The Kier molecular flexibility index (Phi) is 3.14. The molecule has 1 aromatic carbocycles. The first-order chi connectivity index (χ1) is 6.77. The number of benzene rings is 1. The van der Waals surface area contributed by atoms with Gasteiger partial charge in [0.25, 0.3) is 0 Å². The minimum Gasteiger partial charge on any atom is -0.206 e. The molecule has 0 fully saturated rings. The van der Waals surface area contributed by atoms with Crippen LogP contribution in [0.2, 0.25) is 0 Å². The van der Waals surface area contributed by atoms with E-state index in [4.69, 9.17) is 0 Å². The van der Waals surface area contributed by atoms with Gasteiger partial charge in [0, 0.05) is 20.3 Å². The summed E-state index contributed by atoms with van der Waals surface area (Å²) in [6.45, 7) is 0. The van der Waals surface area contributed by atoms with Gasteiger partial charge in [0.15, 0.2) is 0 Å². The number of alkyl halides is 1. The van der Waals surface area contributed by atoms with Crippen LogP contribution in [0.4, 0.5) is 4.39 Å². The van der Waals surface area contributed by atoms with Crippen molar-refractivity contribution in [3.05, 3.63) is 28.9 Å². The van der Waals surface area contributed by atoms with E-state index < -0.39 is 0 Å². The number of halogens is 2. The molecule has 0 spiro atoms. The summed E-state index contributed by atoms with van der Waals surface area (Å²) in [6.07, 6.45) is 1.97. The molecule has 14 heavy (non-hydrogen) atoms. The number of rotatable bonds is 2. The van der Waals surface area contributed by atoms with Gasteiger partial charge in [-0.15, -0.1) is 23.1 Å². The van der Waals surface area contributed by atoms with E-state index in [1.807, 2.05) is 17.7 Å². The molecule has 0 saturated carbocycles. The van der Waals surface area contributed by atoms with Gasteiger partial charge in [0.2, 0.25) is 0 Å². The molecule has 0 aliphatic heterocycles. The Hall–Kier alpha value is -0.0600. The average Bonchev–Trinajstić information content (AvgIpc) is 2.66. The SMILES string of the molecule is CSc1cc(F)c2ccsc2c1CBr. The van der Waals surface area contributed by atoms with Crippen LogP contribution >= 0.6 is 39.0 Å². The van der Waals surface area contributed by atoms with E-state index >= 15 is 0 Å². The van der Waals surface area contributed by atoms with Crippen molar-refractivity contribution >= 4 is 49.1 Å². The summed E-state index contributed by atoms with van der Waals surface area (Å²) in [4.78, 5) is 1.02. The maximum absolute atomic E-state index is 13.6. The van der Waals surface area contributed by atoms with E-state index in [0.29, 0.717) is 0 Å². The third-order valence-electron chi connectivity index (χ3n) is 2.11. The highest BCUT2D eigenvalue weighted by Gasteiger charge is 2.11. The standard InChI is InChI=1S/C10H8BrFS2/c1-13-9-4-8(12)6-2-3-14-10(6)7(9)5-11/h2-4H,5H2,1H3. The summed E-state index contributed by atoms with van der Waals surface area (Å²) in [5.41, 5.74) is 1.20. The van der Waals surface area contributed by atoms with Gasteiger partial charge >= 0.3 is 0 Å². The molecule has 0 unspecified atom stereocenters. The van der Waals surface area contributed by atoms with Crippen LogP contribution in [0.25, 0.3) is 10.1 Å². The van der Waals surface area contributed by atoms with Gasteiger partial charge in [-0.1, -0.05) is 15.9 Å². The monoisotopic (exact) mass is 290 g/mol. The highest BCUT2D eigenvalue weighted by molar-refractivity contribution is 9.08. The predicted octanol–water partition coefficient (Wildman–Crippen LogP) is 4.66. The fraction of sp³-hybridized carbons (Fsp3) is 0.200. The minimum absolute atomic E-state index is 0.115. The van der Waals surface area contributed by atoms with Crippen LogP contribution < -0.4 is 0 Å². The predicted molar refractivity (Wildman–Crippen MR) is 66.2 cm³/mol. The molecule has 0 saturated heterocycles. The molecule has 0 aliphatic carbocycles. The summed E-state index contributed by atoms with van der Waals surface area (Å²) in [5, 5.41) is 3.45. The smallest absolute Gasteiger partial charge is 0.133 e. The minimum atomic E-state index is -0.115. The van der Waals surface area contributed by atoms with Crippen LogP contribution in [0.3, 0.4) is 0 Å². The highest BCUT2D eigenvalue weighted by Crippen LogP contribution is 2.35. The van der Waals surface area contributed by atoms with Gasteiger partial charge in [-0.2, -0.15) is 0 Å². The molecular formula is C10H8BrFS2. The third-order valence-corrected chi connectivity index (χ3v) is 4.44. The maximum Gasteiger partial charge on any atom is 0.133 e. The second-order valence-electron chi connectivity index (χ2n) is 2.84. The lowest BCUT2D eigenvalue weighted by atomic mass is 10.2. The molecule has 0 atom stereocenters. The lowest BCUT2D eigenvalue weighted by Crippen LogP contribution is -1.86. The molecule has 0 N–H and O–H groups in total. The summed E-state index contributed by atoms with van der Waals surface area (Å²) in [5.74, 6) is -0.115. The Morgan fingerprint density at radius 3 is 3.00 bits per heavy atom. The molecular weight excluding hydrogens is 283 g/mol. The fourth-order valence-electron chi connectivity index (χ4n) is 1.43. The Balaban J connectivity index is 2.82. The lowest BCUT2D eigenvalue weighted by Gasteiger charge is -2.06. The summed E-state index contributed by atoms with van der Waals surface area (Å²) >= 11 is 6.64.